The smallest absolute Gasteiger partial charge is 0.228 e. The Morgan fingerprint density at radius 2 is 2.08 bits per heavy atom. The molecule has 1 aromatic rings. The molecule has 2 unspecified atom stereocenters. The van der Waals surface area contributed by atoms with E-state index in [1.54, 1.807) is 7.11 Å². The van der Waals surface area contributed by atoms with E-state index in [2.05, 4.69) is 52.8 Å². The molecule has 2 aliphatic rings. The topological polar surface area (TPSA) is 53.6 Å². The Morgan fingerprint density at radius 3 is 2.77 bits per heavy atom. The quantitative estimate of drug-likeness (QED) is 0.782. The Bertz CT molecular complexity index is 566. The molecule has 26 heavy (non-hydrogen) atoms. The van der Waals surface area contributed by atoms with Gasteiger partial charge in [0.2, 0.25) is 5.91 Å². The number of ether oxygens (including phenoxy) is 1. The van der Waals surface area contributed by atoms with Gasteiger partial charge in [-0.05, 0) is 57.3 Å². The summed E-state index contributed by atoms with van der Waals surface area (Å²) in [6.45, 7) is 7.60. The zero-order valence-corrected chi connectivity index (χ0v) is 16.2. The molecule has 2 saturated heterocycles. The van der Waals surface area contributed by atoms with E-state index in [-0.39, 0.29) is 17.4 Å². The second kappa shape index (κ2) is 8.98. The number of piperidine rings is 1. The predicted octanol–water partition coefficient (Wildman–Crippen LogP) is 2.03. The number of nitrogens with one attached hydrogen (secondary N) is 2. The van der Waals surface area contributed by atoms with E-state index in [0.29, 0.717) is 12.5 Å². The summed E-state index contributed by atoms with van der Waals surface area (Å²) in [6.07, 6.45) is 2.85. The molecular formula is C21H33N3O2. The van der Waals surface area contributed by atoms with Gasteiger partial charge in [0.1, 0.15) is 0 Å². The third-order valence-corrected chi connectivity index (χ3v) is 6.09. The van der Waals surface area contributed by atoms with Gasteiger partial charge >= 0.3 is 0 Å². The Kier molecular flexibility index (Phi) is 6.68. The van der Waals surface area contributed by atoms with E-state index < -0.39 is 0 Å². The number of amides is 1. The van der Waals surface area contributed by atoms with Gasteiger partial charge < -0.3 is 15.4 Å². The van der Waals surface area contributed by atoms with Crippen molar-refractivity contribution in [1.29, 1.82) is 0 Å². The first-order chi connectivity index (χ1) is 12.6. The molecule has 2 atom stereocenters. The van der Waals surface area contributed by atoms with Gasteiger partial charge in [0.25, 0.3) is 0 Å². The van der Waals surface area contributed by atoms with Crippen LogP contribution < -0.4 is 10.6 Å². The van der Waals surface area contributed by atoms with E-state index >= 15 is 0 Å². The molecule has 2 N–H and O–H groups in total. The molecule has 5 nitrogen and oxygen atoms in total. The van der Waals surface area contributed by atoms with Crippen LogP contribution in [0.4, 0.5) is 0 Å². The van der Waals surface area contributed by atoms with Crippen molar-refractivity contribution in [3.63, 3.8) is 0 Å². The van der Waals surface area contributed by atoms with E-state index in [9.17, 15) is 4.79 Å². The van der Waals surface area contributed by atoms with Gasteiger partial charge in [-0.3, -0.25) is 9.69 Å². The molecule has 3 rings (SSSR count). The average molecular weight is 360 g/mol. The molecule has 2 heterocycles. The first-order valence-electron chi connectivity index (χ1n) is 9.90. The summed E-state index contributed by atoms with van der Waals surface area (Å²) in [5.41, 5.74) is 0.995. The first-order valence-corrected chi connectivity index (χ1v) is 9.90. The fraction of sp³-hybridized carbons (Fsp3) is 0.667. The summed E-state index contributed by atoms with van der Waals surface area (Å²) in [7, 11) is 1.69. The van der Waals surface area contributed by atoms with Gasteiger partial charge in [0.05, 0.1) is 12.0 Å². The highest BCUT2D eigenvalue weighted by Gasteiger charge is 2.41. The maximum Gasteiger partial charge on any atom is 0.228 e. The van der Waals surface area contributed by atoms with Crippen molar-refractivity contribution < 1.29 is 9.53 Å². The number of carbonyl (C=O) groups is 1. The molecule has 0 spiro atoms. The van der Waals surface area contributed by atoms with Crippen LogP contribution in [0.3, 0.4) is 0 Å². The highest BCUT2D eigenvalue weighted by atomic mass is 16.5. The Hall–Kier alpha value is -1.43. The van der Waals surface area contributed by atoms with Gasteiger partial charge in [-0.15, -0.1) is 0 Å². The number of methoxy groups -OCH3 is 1. The molecule has 2 fully saturated rings. The van der Waals surface area contributed by atoms with E-state index in [1.807, 2.05) is 0 Å². The van der Waals surface area contributed by atoms with Crippen molar-refractivity contribution >= 4 is 5.91 Å². The summed E-state index contributed by atoms with van der Waals surface area (Å²) in [5, 5.41) is 6.68. The van der Waals surface area contributed by atoms with Crippen LogP contribution in [0.25, 0.3) is 0 Å². The van der Waals surface area contributed by atoms with Crippen molar-refractivity contribution in [2.45, 2.75) is 38.8 Å². The second-order valence-corrected chi connectivity index (χ2v) is 7.99. The van der Waals surface area contributed by atoms with Crippen LogP contribution in [0.1, 0.15) is 31.7 Å². The van der Waals surface area contributed by atoms with Gasteiger partial charge in [-0.1, -0.05) is 30.3 Å². The van der Waals surface area contributed by atoms with Crippen molar-refractivity contribution in [2.75, 3.05) is 39.9 Å². The minimum absolute atomic E-state index is 0.176. The van der Waals surface area contributed by atoms with Crippen LogP contribution in [0.5, 0.6) is 0 Å². The van der Waals surface area contributed by atoms with Gasteiger partial charge in [0.15, 0.2) is 0 Å². The minimum Gasteiger partial charge on any atom is -0.384 e. The van der Waals surface area contributed by atoms with Crippen LogP contribution in [0, 0.1) is 11.3 Å². The third kappa shape index (κ3) is 4.64. The van der Waals surface area contributed by atoms with Crippen LogP contribution in [-0.4, -0.2) is 56.7 Å². The van der Waals surface area contributed by atoms with Crippen LogP contribution in [-0.2, 0) is 16.1 Å². The highest BCUT2D eigenvalue weighted by molar-refractivity contribution is 5.83. The monoisotopic (exact) mass is 359 g/mol. The van der Waals surface area contributed by atoms with Crippen molar-refractivity contribution in [3.05, 3.63) is 35.9 Å². The highest BCUT2D eigenvalue weighted by Crippen LogP contribution is 2.30. The first kappa shape index (κ1) is 19.3. The lowest BCUT2D eigenvalue weighted by Gasteiger charge is -2.37. The lowest BCUT2D eigenvalue weighted by atomic mass is 9.78. The van der Waals surface area contributed by atoms with Crippen LogP contribution >= 0.6 is 0 Å². The van der Waals surface area contributed by atoms with Crippen LogP contribution in [0.15, 0.2) is 30.3 Å². The zero-order chi connectivity index (χ0) is 18.4. The summed E-state index contributed by atoms with van der Waals surface area (Å²) < 4.78 is 5.40. The summed E-state index contributed by atoms with van der Waals surface area (Å²) in [5.74, 6) is 0.693. The Balaban J connectivity index is 1.52. The molecule has 2 aliphatic heterocycles. The van der Waals surface area contributed by atoms with Crippen LogP contribution in [0.2, 0.25) is 0 Å². The van der Waals surface area contributed by atoms with Gasteiger partial charge in [-0.25, -0.2) is 0 Å². The minimum atomic E-state index is -0.364. The molecular weight excluding hydrogens is 326 g/mol. The molecule has 0 aromatic heterocycles. The Morgan fingerprint density at radius 1 is 1.35 bits per heavy atom. The van der Waals surface area contributed by atoms with Gasteiger partial charge in [-0.2, -0.15) is 0 Å². The fourth-order valence-electron chi connectivity index (χ4n) is 4.35. The van der Waals surface area contributed by atoms with Gasteiger partial charge in [0, 0.05) is 26.2 Å². The van der Waals surface area contributed by atoms with E-state index in [4.69, 9.17) is 4.74 Å². The largest absolute Gasteiger partial charge is 0.384 e. The number of likely N-dealkylation sites (tertiary alicyclic amines) is 1. The van der Waals surface area contributed by atoms with Crippen molar-refractivity contribution in [1.82, 2.24) is 15.5 Å². The average Bonchev–Trinajstić information content (AvgIpc) is 3.12. The maximum atomic E-state index is 13.0. The zero-order valence-electron chi connectivity index (χ0n) is 16.2. The van der Waals surface area contributed by atoms with E-state index in [0.717, 1.165) is 52.0 Å². The summed E-state index contributed by atoms with van der Waals surface area (Å²) >= 11 is 0. The maximum absolute atomic E-state index is 13.0. The molecule has 0 radical (unpaired) electrons. The predicted molar refractivity (Wildman–Crippen MR) is 104 cm³/mol. The SMILES string of the molecule is COCC1(C(=O)NC(C)C2CCN(Cc3ccccc3)C2)CCNCC1. The molecule has 0 aliphatic carbocycles. The number of carbonyl (C=O) groups excluding carboxylic acids is 1. The lowest BCUT2D eigenvalue weighted by molar-refractivity contribution is -0.137. The Labute approximate surface area is 157 Å². The van der Waals surface area contributed by atoms with E-state index in [1.165, 1.54) is 5.56 Å². The summed E-state index contributed by atoms with van der Waals surface area (Å²) in [6, 6.07) is 10.8. The van der Waals surface area contributed by atoms with Crippen molar-refractivity contribution in [2.24, 2.45) is 11.3 Å². The molecule has 5 heteroatoms. The summed E-state index contributed by atoms with van der Waals surface area (Å²) in [4.78, 5) is 15.5. The molecule has 1 amide bonds. The fourth-order valence-corrected chi connectivity index (χ4v) is 4.35. The lowest BCUT2D eigenvalue weighted by Crippen LogP contribution is -2.53. The molecule has 0 bridgehead atoms. The normalized spacial score (nSPS) is 24.3. The van der Waals surface area contributed by atoms with Crippen molar-refractivity contribution in [3.8, 4) is 0 Å². The standard InChI is InChI=1S/C21H33N3O2/c1-17(23-20(25)21(16-26-2)9-11-22-12-10-21)19-8-13-24(15-19)14-18-6-4-3-5-7-18/h3-7,17,19,22H,8-16H2,1-2H3,(H,23,25). The number of benzene rings is 1. The number of hydrogen-bond acceptors (Lipinski definition) is 4. The third-order valence-electron chi connectivity index (χ3n) is 6.09. The number of rotatable bonds is 7. The molecule has 1 aromatic carbocycles. The second-order valence-electron chi connectivity index (χ2n) is 7.99. The number of nitrogens with zero attached hydrogens (tertiary/aromatic N) is 1. The molecule has 144 valence electrons. The molecule has 0 saturated carbocycles. The number of hydrogen-bond donors (Lipinski definition) is 2.